The van der Waals surface area contributed by atoms with Gasteiger partial charge in [0.1, 0.15) is 5.82 Å². The number of fused-ring (bicyclic) bond motifs is 1. The van der Waals surface area contributed by atoms with Gasteiger partial charge in [-0.3, -0.25) is 4.79 Å². The SMILES string of the molecule is CNC(=O)CCn1c(C2CC2)nc2c1CCNC2. The molecular weight excluding hydrogens is 228 g/mol. The zero-order valence-corrected chi connectivity index (χ0v) is 10.8. The van der Waals surface area contributed by atoms with Gasteiger partial charge in [-0.05, 0) is 12.8 Å². The highest BCUT2D eigenvalue weighted by atomic mass is 16.1. The van der Waals surface area contributed by atoms with E-state index in [4.69, 9.17) is 4.98 Å². The van der Waals surface area contributed by atoms with Gasteiger partial charge in [-0.25, -0.2) is 4.98 Å². The lowest BCUT2D eigenvalue weighted by atomic mass is 10.2. The van der Waals surface area contributed by atoms with E-state index in [1.54, 1.807) is 7.05 Å². The average molecular weight is 248 g/mol. The maximum atomic E-state index is 11.4. The first-order valence-corrected chi connectivity index (χ1v) is 6.79. The summed E-state index contributed by atoms with van der Waals surface area (Å²) in [5, 5.41) is 6.05. The van der Waals surface area contributed by atoms with E-state index in [9.17, 15) is 4.79 Å². The number of rotatable bonds is 4. The van der Waals surface area contributed by atoms with Crippen LogP contribution in [-0.4, -0.2) is 29.1 Å². The van der Waals surface area contributed by atoms with Gasteiger partial charge in [-0.15, -0.1) is 0 Å². The molecule has 1 aromatic rings. The van der Waals surface area contributed by atoms with Crippen LogP contribution in [0.4, 0.5) is 0 Å². The van der Waals surface area contributed by atoms with Gasteiger partial charge in [-0.2, -0.15) is 0 Å². The summed E-state index contributed by atoms with van der Waals surface area (Å²) in [6.07, 6.45) is 4.09. The van der Waals surface area contributed by atoms with Crippen LogP contribution >= 0.6 is 0 Å². The number of aromatic nitrogens is 2. The molecule has 0 atom stereocenters. The Morgan fingerprint density at radius 3 is 3.11 bits per heavy atom. The van der Waals surface area contributed by atoms with Crippen molar-refractivity contribution in [1.82, 2.24) is 20.2 Å². The first-order chi connectivity index (χ1) is 8.79. The maximum Gasteiger partial charge on any atom is 0.221 e. The fourth-order valence-corrected chi connectivity index (χ4v) is 2.63. The van der Waals surface area contributed by atoms with Crippen molar-refractivity contribution in [2.45, 2.75) is 44.7 Å². The van der Waals surface area contributed by atoms with Crippen molar-refractivity contribution in [1.29, 1.82) is 0 Å². The number of nitrogens with one attached hydrogen (secondary N) is 2. The molecule has 1 amide bonds. The van der Waals surface area contributed by atoms with Crippen molar-refractivity contribution in [3.8, 4) is 0 Å². The number of amides is 1. The summed E-state index contributed by atoms with van der Waals surface area (Å²) >= 11 is 0. The predicted octanol–water partition coefficient (Wildman–Crippen LogP) is 0.542. The Balaban J connectivity index is 1.85. The molecule has 2 heterocycles. The summed E-state index contributed by atoms with van der Waals surface area (Å²) < 4.78 is 2.31. The molecule has 2 aliphatic rings. The molecule has 5 nitrogen and oxygen atoms in total. The van der Waals surface area contributed by atoms with Crippen molar-refractivity contribution in [2.75, 3.05) is 13.6 Å². The minimum atomic E-state index is 0.105. The van der Waals surface area contributed by atoms with Crippen LogP contribution < -0.4 is 10.6 Å². The normalized spacial score (nSPS) is 18.5. The molecule has 1 aliphatic carbocycles. The average Bonchev–Trinajstić information content (AvgIpc) is 3.18. The standard InChI is InChI=1S/C13H20N4O/c1-14-12(18)5-7-17-11-4-6-15-8-10(11)16-13(17)9-2-3-9/h9,15H,2-8H2,1H3,(H,14,18). The van der Waals surface area contributed by atoms with Crippen LogP contribution in [0, 0.1) is 0 Å². The third-order valence-corrected chi connectivity index (χ3v) is 3.80. The van der Waals surface area contributed by atoms with E-state index in [0.717, 1.165) is 26.1 Å². The third-order valence-electron chi connectivity index (χ3n) is 3.80. The van der Waals surface area contributed by atoms with Crippen molar-refractivity contribution in [3.63, 3.8) is 0 Å². The minimum Gasteiger partial charge on any atom is -0.359 e. The van der Waals surface area contributed by atoms with Gasteiger partial charge in [0, 0.05) is 51.1 Å². The van der Waals surface area contributed by atoms with Crippen LogP contribution in [0.1, 0.15) is 42.4 Å². The number of hydrogen-bond acceptors (Lipinski definition) is 3. The Labute approximate surface area is 107 Å². The van der Waals surface area contributed by atoms with Crippen molar-refractivity contribution in [2.24, 2.45) is 0 Å². The van der Waals surface area contributed by atoms with E-state index in [1.165, 1.54) is 30.1 Å². The molecule has 0 radical (unpaired) electrons. The van der Waals surface area contributed by atoms with Gasteiger partial charge in [0.2, 0.25) is 5.91 Å². The molecule has 1 aliphatic heterocycles. The van der Waals surface area contributed by atoms with Gasteiger partial charge in [0.15, 0.2) is 0 Å². The van der Waals surface area contributed by atoms with Gasteiger partial charge >= 0.3 is 0 Å². The minimum absolute atomic E-state index is 0.105. The molecule has 98 valence electrons. The maximum absolute atomic E-state index is 11.4. The van der Waals surface area contributed by atoms with Gasteiger partial charge in [0.25, 0.3) is 0 Å². The Morgan fingerprint density at radius 1 is 1.56 bits per heavy atom. The molecule has 5 heteroatoms. The molecule has 0 saturated heterocycles. The molecule has 0 unspecified atom stereocenters. The van der Waals surface area contributed by atoms with Gasteiger partial charge < -0.3 is 15.2 Å². The predicted molar refractivity (Wildman–Crippen MR) is 68.3 cm³/mol. The highest BCUT2D eigenvalue weighted by molar-refractivity contribution is 5.75. The molecule has 0 bridgehead atoms. The van der Waals surface area contributed by atoms with Crippen molar-refractivity contribution in [3.05, 3.63) is 17.2 Å². The molecule has 0 aromatic carbocycles. The van der Waals surface area contributed by atoms with E-state index in [0.29, 0.717) is 12.3 Å². The smallest absolute Gasteiger partial charge is 0.221 e. The Kier molecular flexibility index (Phi) is 3.07. The zero-order valence-electron chi connectivity index (χ0n) is 10.8. The van der Waals surface area contributed by atoms with E-state index >= 15 is 0 Å². The van der Waals surface area contributed by atoms with Crippen LogP contribution in [0.15, 0.2) is 0 Å². The Morgan fingerprint density at radius 2 is 2.39 bits per heavy atom. The summed E-state index contributed by atoms with van der Waals surface area (Å²) in [6.45, 7) is 2.67. The van der Waals surface area contributed by atoms with Crippen molar-refractivity contribution >= 4 is 5.91 Å². The Bertz CT molecular complexity index is 462. The molecule has 2 N–H and O–H groups in total. The van der Waals surface area contributed by atoms with Gasteiger partial charge in [-0.1, -0.05) is 0 Å². The second-order valence-electron chi connectivity index (χ2n) is 5.14. The molecule has 1 fully saturated rings. The molecular formula is C13H20N4O. The molecule has 0 spiro atoms. The topological polar surface area (TPSA) is 59.0 Å². The summed E-state index contributed by atoms with van der Waals surface area (Å²) in [6, 6.07) is 0. The van der Waals surface area contributed by atoms with Crippen LogP contribution in [-0.2, 0) is 24.3 Å². The second kappa shape index (κ2) is 4.72. The monoisotopic (exact) mass is 248 g/mol. The molecule has 3 rings (SSSR count). The lowest BCUT2D eigenvalue weighted by molar-refractivity contribution is -0.120. The third kappa shape index (κ3) is 2.14. The first-order valence-electron chi connectivity index (χ1n) is 6.79. The summed E-state index contributed by atoms with van der Waals surface area (Å²) in [7, 11) is 1.69. The number of imidazole rings is 1. The first kappa shape index (κ1) is 11.7. The summed E-state index contributed by atoms with van der Waals surface area (Å²) in [5.41, 5.74) is 2.54. The number of nitrogens with zero attached hydrogens (tertiary/aromatic N) is 2. The summed E-state index contributed by atoms with van der Waals surface area (Å²) in [5.74, 6) is 1.96. The van der Waals surface area contributed by atoms with E-state index < -0.39 is 0 Å². The van der Waals surface area contributed by atoms with E-state index in [-0.39, 0.29) is 5.91 Å². The fourth-order valence-electron chi connectivity index (χ4n) is 2.63. The van der Waals surface area contributed by atoms with E-state index in [2.05, 4.69) is 15.2 Å². The second-order valence-corrected chi connectivity index (χ2v) is 5.14. The lowest BCUT2D eigenvalue weighted by Crippen LogP contribution is -2.26. The molecule has 1 aromatic heterocycles. The van der Waals surface area contributed by atoms with Crippen LogP contribution in [0.2, 0.25) is 0 Å². The number of hydrogen-bond donors (Lipinski definition) is 2. The van der Waals surface area contributed by atoms with Crippen LogP contribution in [0.3, 0.4) is 0 Å². The lowest BCUT2D eigenvalue weighted by Gasteiger charge is -2.16. The fraction of sp³-hybridized carbons (Fsp3) is 0.692. The summed E-state index contributed by atoms with van der Waals surface area (Å²) in [4.78, 5) is 16.2. The highest BCUT2D eigenvalue weighted by Crippen LogP contribution is 2.40. The zero-order chi connectivity index (χ0) is 12.5. The van der Waals surface area contributed by atoms with Crippen molar-refractivity contribution < 1.29 is 4.79 Å². The molecule has 1 saturated carbocycles. The van der Waals surface area contributed by atoms with E-state index in [1.807, 2.05) is 0 Å². The Hall–Kier alpha value is -1.36. The quantitative estimate of drug-likeness (QED) is 0.817. The van der Waals surface area contributed by atoms with Crippen LogP contribution in [0.5, 0.6) is 0 Å². The molecule has 18 heavy (non-hydrogen) atoms. The van der Waals surface area contributed by atoms with Crippen LogP contribution in [0.25, 0.3) is 0 Å². The highest BCUT2D eigenvalue weighted by Gasteiger charge is 2.31. The number of carbonyl (C=O) groups excluding carboxylic acids is 1. The largest absolute Gasteiger partial charge is 0.359 e. The number of carbonyl (C=O) groups is 1. The van der Waals surface area contributed by atoms with Gasteiger partial charge in [0.05, 0.1) is 5.69 Å².